The van der Waals surface area contributed by atoms with Gasteiger partial charge in [-0.1, -0.05) is 72.3 Å². The highest BCUT2D eigenvalue weighted by molar-refractivity contribution is 7.89. The molecule has 0 fully saturated rings. The maximum absolute atomic E-state index is 13.6. The number of anilines is 1. The first-order valence-corrected chi connectivity index (χ1v) is 13.6. The SMILES string of the molecule is COc1ccc(CNS(=O)(=O)c2cc(NC(=O)Cc3ccccc3Cl)ccc2-c2ccccc2)c(OC)c1. The summed E-state index contributed by atoms with van der Waals surface area (Å²) < 4.78 is 40.5. The zero-order chi connectivity index (χ0) is 27.1. The molecule has 7 nitrogen and oxygen atoms in total. The van der Waals surface area contributed by atoms with E-state index in [1.807, 2.05) is 30.3 Å². The summed E-state index contributed by atoms with van der Waals surface area (Å²) in [5.41, 5.74) is 2.90. The van der Waals surface area contributed by atoms with Crippen molar-refractivity contribution < 1.29 is 22.7 Å². The lowest BCUT2D eigenvalue weighted by atomic mass is 10.1. The van der Waals surface area contributed by atoms with Gasteiger partial charge in [-0.2, -0.15) is 0 Å². The summed E-state index contributed by atoms with van der Waals surface area (Å²) in [6.07, 6.45) is 0.0533. The minimum Gasteiger partial charge on any atom is -0.497 e. The quantitative estimate of drug-likeness (QED) is 0.265. The van der Waals surface area contributed by atoms with Crippen molar-refractivity contribution in [3.63, 3.8) is 0 Å². The van der Waals surface area contributed by atoms with E-state index in [1.54, 1.807) is 61.7 Å². The highest BCUT2D eigenvalue weighted by Gasteiger charge is 2.21. The number of rotatable bonds is 10. The first-order valence-electron chi connectivity index (χ1n) is 11.7. The van der Waals surface area contributed by atoms with Crippen LogP contribution in [0.15, 0.2) is 95.9 Å². The van der Waals surface area contributed by atoms with Gasteiger partial charge in [0.2, 0.25) is 15.9 Å². The maximum Gasteiger partial charge on any atom is 0.241 e. The van der Waals surface area contributed by atoms with Gasteiger partial charge in [0.15, 0.2) is 0 Å². The number of nitrogens with one attached hydrogen (secondary N) is 2. The summed E-state index contributed by atoms with van der Waals surface area (Å²) >= 11 is 6.19. The van der Waals surface area contributed by atoms with E-state index in [0.29, 0.717) is 38.9 Å². The number of benzene rings is 4. The molecule has 2 N–H and O–H groups in total. The van der Waals surface area contributed by atoms with Crippen molar-refractivity contribution in [1.82, 2.24) is 4.72 Å². The Bertz CT molecular complexity index is 1540. The largest absolute Gasteiger partial charge is 0.497 e. The highest BCUT2D eigenvalue weighted by atomic mass is 35.5. The number of carbonyl (C=O) groups excluding carboxylic acids is 1. The molecule has 0 unspecified atom stereocenters. The molecule has 0 atom stereocenters. The number of hydrogen-bond donors (Lipinski definition) is 2. The number of hydrogen-bond acceptors (Lipinski definition) is 5. The molecule has 0 heterocycles. The fourth-order valence-electron chi connectivity index (χ4n) is 3.95. The predicted octanol–water partition coefficient (Wildman–Crippen LogP) is 5.68. The van der Waals surface area contributed by atoms with E-state index in [1.165, 1.54) is 13.2 Å². The lowest BCUT2D eigenvalue weighted by Gasteiger charge is -2.16. The van der Waals surface area contributed by atoms with E-state index < -0.39 is 10.0 Å². The standard InChI is InChI=1S/C29H27ClN2O5S/c1-36-24-14-12-22(27(18-24)37-2)19-31-38(34,35)28-17-23(13-15-25(28)20-8-4-3-5-9-20)32-29(33)16-21-10-6-7-11-26(21)30/h3-15,17-18,31H,16,19H2,1-2H3,(H,32,33). The third-order valence-corrected chi connectivity index (χ3v) is 7.71. The minimum absolute atomic E-state index is 0.00712. The van der Waals surface area contributed by atoms with E-state index in [9.17, 15) is 13.2 Å². The van der Waals surface area contributed by atoms with Crippen LogP contribution in [0.1, 0.15) is 11.1 Å². The molecule has 0 saturated heterocycles. The second kappa shape index (κ2) is 12.1. The van der Waals surface area contributed by atoms with Gasteiger partial charge in [0.1, 0.15) is 11.5 Å². The number of methoxy groups -OCH3 is 2. The number of carbonyl (C=O) groups is 1. The molecule has 4 rings (SSSR count). The van der Waals surface area contributed by atoms with Crippen LogP contribution in [0.4, 0.5) is 5.69 Å². The Morgan fingerprint density at radius 3 is 2.29 bits per heavy atom. The van der Waals surface area contributed by atoms with Gasteiger partial charge in [-0.05, 0) is 35.4 Å². The van der Waals surface area contributed by atoms with Gasteiger partial charge in [-0.3, -0.25) is 4.79 Å². The Morgan fingerprint density at radius 1 is 0.842 bits per heavy atom. The molecule has 0 aromatic heterocycles. The molecule has 38 heavy (non-hydrogen) atoms. The van der Waals surface area contributed by atoms with Gasteiger partial charge in [0.25, 0.3) is 0 Å². The molecular weight excluding hydrogens is 524 g/mol. The lowest BCUT2D eigenvalue weighted by molar-refractivity contribution is -0.115. The van der Waals surface area contributed by atoms with Crippen LogP contribution in [0, 0.1) is 0 Å². The fourth-order valence-corrected chi connectivity index (χ4v) is 5.41. The van der Waals surface area contributed by atoms with Gasteiger partial charge in [0, 0.05) is 34.4 Å². The lowest BCUT2D eigenvalue weighted by Crippen LogP contribution is -2.24. The molecule has 0 radical (unpaired) electrons. The number of halogens is 1. The van der Waals surface area contributed by atoms with Crippen LogP contribution in [0.5, 0.6) is 11.5 Å². The smallest absolute Gasteiger partial charge is 0.241 e. The summed E-state index contributed by atoms with van der Waals surface area (Å²) in [4.78, 5) is 12.8. The van der Waals surface area contributed by atoms with Crippen LogP contribution >= 0.6 is 11.6 Å². The average molecular weight is 551 g/mol. The minimum atomic E-state index is -4.01. The Labute approximate surface area is 227 Å². The number of ether oxygens (including phenoxy) is 2. The van der Waals surface area contributed by atoms with Crippen molar-refractivity contribution in [3.8, 4) is 22.6 Å². The summed E-state index contributed by atoms with van der Waals surface area (Å²) in [5.74, 6) is 0.779. The Morgan fingerprint density at radius 2 is 1.58 bits per heavy atom. The molecule has 0 aliphatic carbocycles. The van der Waals surface area contributed by atoms with Gasteiger partial charge in [0.05, 0.1) is 25.5 Å². The van der Waals surface area contributed by atoms with Crippen molar-refractivity contribution in [3.05, 3.63) is 107 Å². The van der Waals surface area contributed by atoms with E-state index in [2.05, 4.69) is 10.0 Å². The van der Waals surface area contributed by atoms with Gasteiger partial charge < -0.3 is 14.8 Å². The first-order chi connectivity index (χ1) is 18.3. The molecular formula is C29H27ClN2O5S. The molecule has 0 spiro atoms. The monoisotopic (exact) mass is 550 g/mol. The van der Waals surface area contributed by atoms with Gasteiger partial charge in [-0.25, -0.2) is 13.1 Å². The van der Waals surface area contributed by atoms with Crippen LogP contribution < -0.4 is 19.5 Å². The van der Waals surface area contributed by atoms with E-state index in [4.69, 9.17) is 21.1 Å². The average Bonchev–Trinajstić information content (AvgIpc) is 2.93. The molecule has 4 aromatic rings. The third-order valence-electron chi connectivity index (χ3n) is 5.90. The van der Waals surface area contributed by atoms with Gasteiger partial charge >= 0.3 is 0 Å². The maximum atomic E-state index is 13.6. The first kappa shape index (κ1) is 27.2. The molecule has 0 saturated carbocycles. The van der Waals surface area contributed by atoms with Crippen molar-refractivity contribution in [1.29, 1.82) is 0 Å². The van der Waals surface area contributed by atoms with Crippen LogP contribution in [-0.2, 0) is 27.8 Å². The zero-order valence-corrected chi connectivity index (χ0v) is 22.5. The van der Waals surface area contributed by atoms with Crippen LogP contribution in [-0.4, -0.2) is 28.5 Å². The Hall–Kier alpha value is -3.85. The van der Waals surface area contributed by atoms with Crippen LogP contribution in [0.2, 0.25) is 5.02 Å². The van der Waals surface area contributed by atoms with Crippen LogP contribution in [0.25, 0.3) is 11.1 Å². The topological polar surface area (TPSA) is 93.7 Å². The number of sulfonamides is 1. The second-order valence-corrected chi connectivity index (χ2v) is 10.5. The Balaban J connectivity index is 1.63. The fraction of sp³-hybridized carbons (Fsp3) is 0.138. The normalized spacial score (nSPS) is 11.1. The molecule has 4 aromatic carbocycles. The highest BCUT2D eigenvalue weighted by Crippen LogP contribution is 2.31. The summed E-state index contributed by atoms with van der Waals surface area (Å²) in [6.45, 7) is -0.00712. The molecule has 0 aliphatic heterocycles. The van der Waals surface area contributed by atoms with E-state index >= 15 is 0 Å². The molecule has 0 aliphatic rings. The Kier molecular flexibility index (Phi) is 8.68. The molecule has 196 valence electrons. The van der Waals surface area contributed by atoms with E-state index in [-0.39, 0.29) is 23.8 Å². The van der Waals surface area contributed by atoms with Crippen molar-refractivity contribution in [2.45, 2.75) is 17.9 Å². The molecule has 0 bridgehead atoms. The summed E-state index contributed by atoms with van der Waals surface area (Å²) in [5, 5.41) is 3.28. The molecule has 9 heteroatoms. The van der Waals surface area contributed by atoms with Gasteiger partial charge in [-0.15, -0.1) is 0 Å². The van der Waals surface area contributed by atoms with Crippen molar-refractivity contribution >= 4 is 33.2 Å². The van der Waals surface area contributed by atoms with E-state index in [0.717, 1.165) is 5.56 Å². The zero-order valence-electron chi connectivity index (χ0n) is 20.9. The number of amides is 1. The second-order valence-electron chi connectivity index (χ2n) is 8.40. The van der Waals surface area contributed by atoms with Crippen molar-refractivity contribution in [2.24, 2.45) is 0 Å². The van der Waals surface area contributed by atoms with Crippen LogP contribution in [0.3, 0.4) is 0 Å². The summed E-state index contributed by atoms with van der Waals surface area (Å²) in [7, 11) is -0.958. The summed E-state index contributed by atoms with van der Waals surface area (Å²) in [6, 6.07) is 26.2. The predicted molar refractivity (Wildman–Crippen MR) is 149 cm³/mol. The third kappa shape index (κ3) is 6.52. The van der Waals surface area contributed by atoms with Crippen molar-refractivity contribution in [2.75, 3.05) is 19.5 Å². The molecule has 1 amide bonds.